The highest BCUT2D eigenvalue weighted by atomic mass is 16.7. The Bertz CT molecular complexity index is 364. The van der Waals surface area contributed by atoms with Crippen LogP contribution in [0, 0.1) is 0 Å². The van der Waals surface area contributed by atoms with Gasteiger partial charge in [-0.3, -0.25) is 0 Å². The Morgan fingerprint density at radius 1 is 1.44 bits per heavy atom. The Kier molecular flexibility index (Phi) is 3.17. The zero-order valence-electron chi connectivity index (χ0n) is 9.77. The lowest BCUT2D eigenvalue weighted by molar-refractivity contribution is -0.0942. The van der Waals surface area contributed by atoms with Crippen molar-refractivity contribution < 1.29 is 14.6 Å². The van der Waals surface area contributed by atoms with E-state index in [2.05, 4.69) is 6.92 Å². The third-order valence-electron chi connectivity index (χ3n) is 3.14. The molecule has 0 aromatic heterocycles. The van der Waals surface area contributed by atoms with E-state index >= 15 is 0 Å². The number of aromatic hydroxyl groups is 1. The fraction of sp³-hybridized carbons (Fsp3) is 0.538. The highest BCUT2D eigenvalue weighted by Gasteiger charge is 2.40. The van der Waals surface area contributed by atoms with Crippen LogP contribution in [-0.4, -0.2) is 18.0 Å². The van der Waals surface area contributed by atoms with Crippen LogP contribution in [0.2, 0.25) is 0 Å². The second-order valence-corrected chi connectivity index (χ2v) is 4.16. The molecule has 0 spiro atoms. The Morgan fingerprint density at radius 2 is 2.25 bits per heavy atom. The van der Waals surface area contributed by atoms with Crippen LogP contribution in [0.1, 0.15) is 32.3 Å². The molecule has 0 radical (unpaired) electrons. The van der Waals surface area contributed by atoms with Gasteiger partial charge in [-0.15, -0.1) is 0 Å². The normalized spacial score (nSPS) is 29.5. The van der Waals surface area contributed by atoms with Gasteiger partial charge in [-0.05, 0) is 30.5 Å². The minimum atomic E-state index is -0.389. The molecule has 1 saturated heterocycles. The van der Waals surface area contributed by atoms with Crippen molar-refractivity contribution in [2.75, 3.05) is 6.61 Å². The summed E-state index contributed by atoms with van der Waals surface area (Å²) in [4.78, 5) is 0. The zero-order valence-corrected chi connectivity index (χ0v) is 9.77. The van der Waals surface area contributed by atoms with Gasteiger partial charge in [-0.25, -0.2) is 0 Å². The number of phenols is 1. The van der Waals surface area contributed by atoms with Crippen LogP contribution in [-0.2, 0) is 15.1 Å². The predicted molar refractivity (Wildman–Crippen MR) is 61.2 cm³/mol. The molecular weight excluding hydrogens is 204 g/mol. The molecule has 3 heteroatoms. The van der Waals surface area contributed by atoms with E-state index in [1.807, 2.05) is 19.1 Å². The fourth-order valence-electron chi connectivity index (χ4n) is 2.08. The van der Waals surface area contributed by atoms with E-state index in [0.717, 1.165) is 18.4 Å². The first-order valence-corrected chi connectivity index (χ1v) is 5.79. The summed E-state index contributed by atoms with van der Waals surface area (Å²) < 4.78 is 11.6. The van der Waals surface area contributed by atoms with E-state index in [-0.39, 0.29) is 17.6 Å². The maximum atomic E-state index is 9.51. The van der Waals surface area contributed by atoms with E-state index < -0.39 is 0 Å². The minimum Gasteiger partial charge on any atom is -0.508 e. The van der Waals surface area contributed by atoms with Gasteiger partial charge in [0.25, 0.3) is 0 Å². The van der Waals surface area contributed by atoms with Crippen molar-refractivity contribution in [2.45, 2.75) is 38.6 Å². The third-order valence-corrected chi connectivity index (χ3v) is 3.14. The molecule has 1 aliphatic heterocycles. The summed E-state index contributed by atoms with van der Waals surface area (Å²) in [6.45, 7) is 4.68. The summed E-state index contributed by atoms with van der Waals surface area (Å²) >= 11 is 0. The number of benzene rings is 1. The van der Waals surface area contributed by atoms with Crippen LogP contribution < -0.4 is 0 Å². The SMILES string of the molecule is CCC1OCC(CC)(c2cccc(O)c2)O1. The maximum absolute atomic E-state index is 9.51. The van der Waals surface area contributed by atoms with Crippen LogP contribution >= 0.6 is 0 Å². The number of rotatable bonds is 3. The van der Waals surface area contributed by atoms with Gasteiger partial charge in [-0.2, -0.15) is 0 Å². The van der Waals surface area contributed by atoms with Crippen molar-refractivity contribution in [1.82, 2.24) is 0 Å². The van der Waals surface area contributed by atoms with Crippen molar-refractivity contribution in [1.29, 1.82) is 0 Å². The summed E-state index contributed by atoms with van der Waals surface area (Å²) in [6, 6.07) is 7.24. The first-order chi connectivity index (χ1) is 7.70. The molecule has 0 aliphatic carbocycles. The molecule has 2 atom stereocenters. The number of phenolic OH excluding ortho intramolecular Hbond substituents is 1. The summed E-state index contributed by atoms with van der Waals surface area (Å²) in [5, 5.41) is 9.51. The molecular formula is C13H18O3. The fourth-order valence-corrected chi connectivity index (χ4v) is 2.08. The summed E-state index contributed by atoms with van der Waals surface area (Å²) in [6.07, 6.45) is 1.57. The number of ether oxygens (including phenoxy) is 2. The summed E-state index contributed by atoms with van der Waals surface area (Å²) in [5.74, 6) is 0.272. The van der Waals surface area contributed by atoms with Crippen LogP contribution in [0.5, 0.6) is 5.75 Å². The molecule has 1 heterocycles. The zero-order chi connectivity index (χ0) is 11.6. The van der Waals surface area contributed by atoms with Gasteiger partial charge in [0.1, 0.15) is 11.4 Å². The smallest absolute Gasteiger partial charge is 0.158 e. The van der Waals surface area contributed by atoms with Crippen molar-refractivity contribution in [3.8, 4) is 5.75 Å². The quantitative estimate of drug-likeness (QED) is 0.854. The topological polar surface area (TPSA) is 38.7 Å². The van der Waals surface area contributed by atoms with Gasteiger partial charge in [-0.1, -0.05) is 26.0 Å². The maximum Gasteiger partial charge on any atom is 0.158 e. The molecule has 16 heavy (non-hydrogen) atoms. The van der Waals surface area contributed by atoms with Gasteiger partial charge in [0, 0.05) is 0 Å². The Morgan fingerprint density at radius 3 is 2.81 bits per heavy atom. The molecule has 2 unspecified atom stereocenters. The van der Waals surface area contributed by atoms with Crippen molar-refractivity contribution in [3.63, 3.8) is 0 Å². The van der Waals surface area contributed by atoms with E-state index in [1.54, 1.807) is 12.1 Å². The highest BCUT2D eigenvalue weighted by molar-refractivity contribution is 5.32. The predicted octanol–water partition coefficient (Wildman–Crippen LogP) is 2.78. The van der Waals surface area contributed by atoms with Gasteiger partial charge in [0.15, 0.2) is 6.29 Å². The van der Waals surface area contributed by atoms with E-state index in [4.69, 9.17) is 9.47 Å². The molecule has 0 bridgehead atoms. The van der Waals surface area contributed by atoms with E-state index in [9.17, 15) is 5.11 Å². The first-order valence-electron chi connectivity index (χ1n) is 5.79. The van der Waals surface area contributed by atoms with Crippen LogP contribution in [0.15, 0.2) is 24.3 Å². The molecule has 2 rings (SSSR count). The van der Waals surface area contributed by atoms with Crippen molar-refractivity contribution in [2.24, 2.45) is 0 Å². The van der Waals surface area contributed by atoms with Crippen molar-refractivity contribution >= 4 is 0 Å². The molecule has 88 valence electrons. The average molecular weight is 222 g/mol. The van der Waals surface area contributed by atoms with Gasteiger partial charge in [0.2, 0.25) is 0 Å². The third kappa shape index (κ3) is 1.93. The summed E-state index contributed by atoms with van der Waals surface area (Å²) in [5.41, 5.74) is 0.602. The highest BCUT2D eigenvalue weighted by Crippen LogP contribution is 2.38. The molecule has 1 aromatic rings. The Balaban J connectivity index is 2.29. The largest absolute Gasteiger partial charge is 0.508 e. The van der Waals surface area contributed by atoms with Gasteiger partial charge in [0.05, 0.1) is 6.61 Å². The van der Waals surface area contributed by atoms with E-state index in [1.165, 1.54) is 0 Å². The lowest BCUT2D eigenvalue weighted by atomic mass is 9.92. The molecule has 1 aliphatic rings. The van der Waals surface area contributed by atoms with Crippen LogP contribution in [0.3, 0.4) is 0 Å². The second kappa shape index (κ2) is 4.44. The second-order valence-electron chi connectivity index (χ2n) is 4.16. The van der Waals surface area contributed by atoms with E-state index in [0.29, 0.717) is 6.61 Å². The molecule has 1 fully saturated rings. The van der Waals surface area contributed by atoms with Crippen LogP contribution in [0.4, 0.5) is 0 Å². The molecule has 1 aromatic carbocycles. The number of hydrogen-bond acceptors (Lipinski definition) is 3. The molecule has 0 saturated carbocycles. The van der Waals surface area contributed by atoms with Gasteiger partial charge < -0.3 is 14.6 Å². The Labute approximate surface area is 96.0 Å². The van der Waals surface area contributed by atoms with Crippen LogP contribution in [0.25, 0.3) is 0 Å². The molecule has 3 nitrogen and oxygen atoms in total. The molecule has 1 N–H and O–H groups in total. The lowest BCUT2D eigenvalue weighted by Gasteiger charge is -2.26. The van der Waals surface area contributed by atoms with Gasteiger partial charge >= 0.3 is 0 Å². The monoisotopic (exact) mass is 222 g/mol. The van der Waals surface area contributed by atoms with Crippen molar-refractivity contribution in [3.05, 3.63) is 29.8 Å². The average Bonchev–Trinajstić information content (AvgIpc) is 2.74. The first kappa shape index (κ1) is 11.4. The standard InChI is InChI=1S/C13H18O3/c1-3-12-15-9-13(4-2,16-12)10-6-5-7-11(14)8-10/h5-8,12,14H,3-4,9H2,1-2H3. The molecule has 0 amide bonds. The summed E-state index contributed by atoms with van der Waals surface area (Å²) in [7, 11) is 0. The number of hydrogen-bond donors (Lipinski definition) is 1. The minimum absolute atomic E-state index is 0.123. The Hall–Kier alpha value is -1.06. The lowest BCUT2D eigenvalue weighted by Crippen LogP contribution is -2.28.